The van der Waals surface area contributed by atoms with E-state index in [1.54, 1.807) is 12.1 Å². The van der Waals surface area contributed by atoms with Crippen LogP contribution >= 0.6 is 0 Å². The van der Waals surface area contributed by atoms with Crippen molar-refractivity contribution in [3.8, 4) is 23.0 Å². The van der Waals surface area contributed by atoms with Gasteiger partial charge >= 0.3 is 0 Å². The zero-order chi connectivity index (χ0) is 20.5. The molecule has 0 aromatic heterocycles. The van der Waals surface area contributed by atoms with E-state index >= 15 is 0 Å². The molecule has 2 aromatic rings. The summed E-state index contributed by atoms with van der Waals surface area (Å²) in [4.78, 5) is 0. The molecule has 0 unspecified atom stereocenters. The molecule has 2 aliphatic rings. The smallest absolute Gasteiger partial charge is 0.161 e. The number of hydrogen-bond acceptors (Lipinski definition) is 4. The van der Waals surface area contributed by atoms with Crippen molar-refractivity contribution in [2.24, 2.45) is 0 Å². The molecule has 0 saturated heterocycles. The van der Waals surface area contributed by atoms with Gasteiger partial charge < -0.3 is 19.7 Å². The van der Waals surface area contributed by atoms with Crippen molar-refractivity contribution >= 4 is 0 Å². The molecule has 0 atom stereocenters. The standard InChI is InChI=1S/C13H18O2.C12H16O2/c1-2-13(9-5-6-10-13)15-12-8-4-3-7-11(12)14;13-11-8-4-5-9-12(11)14-10-6-2-1-3-7-10/h3-4,7-8,14H,2,5-6,9-10H2,1H3;4-5,8-10,13H,1-3,6-7H2. The Morgan fingerprint density at radius 2 is 1.34 bits per heavy atom. The van der Waals surface area contributed by atoms with Gasteiger partial charge in [0.2, 0.25) is 0 Å². The topological polar surface area (TPSA) is 58.9 Å². The first kappa shape index (κ1) is 21.4. The molecule has 4 rings (SSSR count). The molecule has 29 heavy (non-hydrogen) atoms. The van der Waals surface area contributed by atoms with Gasteiger partial charge in [-0.3, -0.25) is 0 Å². The van der Waals surface area contributed by atoms with Crippen LogP contribution in [0.15, 0.2) is 48.5 Å². The van der Waals surface area contributed by atoms with Crippen molar-refractivity contribution in [2.45, 2.75) is 82.8 Å². The Kier molecular flexibility index (Phi) is 7.68. The maximum absolute atomic E-state index is 9.66. The molecule has 0 heterocycles. The first-order chi connectivity index (χ1) is 14.1. The quantitative estimate of drug-likeness (QED) is 0.596. The first-order valence-electron chi connectivity index (χ1n) is 11.0. The highest BCUT2D eigenvalue weighted by Gasteiger charge is 2.34. The van der Waals surface area contributed by atoms with E-state index in [9.17, 15) is 10.2 Å². The molecule has 0 aliphatic heterocycles. The van der Waals surface area contributed by atoms with Gasteiger partial charge in [0.05, 0.1) is 6.10 Å². The Balaban J connectivity index is 0.000000166. The van der Waals surface area contributed by atoms with Crippen LogP contribution in [-0.2, 0) is 0 Å². The second-order valence-electron chi connectivity index (χ2n) is 8.16. The van der Waals surface area contributed by atoms with E-state index in [1.807, 2.05) is 36.4 Å². The number of benzene rings is 2. The molecule has 4 nitrogen and oxygen atoms in total. The number of phenols is 2. The van der Waals surface area contributed by atoms with E-state index in [0.717, 1.165) is 32.1 Å². The van der Waals surface area contributed by atoms with Gasteiger partial charge in [0, 0.05) is 0 Å². The molecule has 158 valence electrons. The van der Waals surface area contributed by atoms with Crippen LogP contribution in [0.5, 0.6) is 23.0 Å². The van der Waals surface area contributed by atoms with Gasteiger partial charge in [-0.2, -0.15) is 0 Å². The Bertz CT molecular complexity index is 746. The SMILES string of the molecule is CCC1(Oc2ccccc2O)CCCC1.Oc1ccccc1OC1CCCCC1. The number of aromatic hydroxyl groups is 2. The van der Waals surface area contributed by atoms with Crippen molar-refractivity contribution in [1.82, 2.24) is 0 Å². The molecule has 2 N–H and O–H groups in total. The van der Waals surface area contributed by atoms with E-state index in [2.05, 4.69) is 6.92 Å². The highest BCUT2D eigenvalue weighted by molar-refractivity contribution is 5.39. The second kappa shape index (κ2) is 10.4. The Labute approximate surface area is 174 Å². The van der Waals surface area contributed by atoms with Crippen LogP contribution in [0.4, 0.5) is 0 Å². The van der Waals surface area contributed by atoms with Crippen molar-refractivity contribution < 1.29 is 19.7 Å². The normalized spacial score (nSPS) is 18.5. The van der Waals surface area contributed by atoms with Gasteiger partial charge in [-0.05, 0) is 82.1 Å². The molecule has 0 amide bonds. The van der Waals surface area contributed by atoms with Crippen molar-refractivity contribution in [3.05, 3.63) is 48.5 Å². The molecular weight excluding hydrogens is 364 g/mol. The summed E-state index contributed by atoms with van der Waals surface area (Å²) in [6, 6.07) is 14.4. The van der Waals surface area contributed by atoms with E-state index in [-0.39, 0.29) is 17.1 Å². The monoisotopic (exact) mass is 398 g/mol. The third-order valence-electron chi connectivity index (χ3n) is 6.06. The number of hydrogen-bond donors (Lipinski definition) is 2. The van der Waals surface area contributed by atoms with Crippen LogP contribution in [-0.4, -0.2) is 21.9 Å². The lowest BCUT2D eigenvalue weighted by molar-refractivity contribution is 0.0687. The minimum Gasteiger partial charge on any atom is -0.504 e. The van der Waals surface area contributed by atoms with Gasteiger partial charge in [-0.25, -0.2) is 0 Å². The Morgan fingerprint density at radius 3 is 1.90 bits per heavy atom. The van der Waals surface area contributed by atoms with E-state index < -0.39 is 0 Å². The lowest BCUT2D eigenvalue weighted by atomic mass is 9.98. The Hall–Kier alpha value is -2.36. The van der Waals surface area contributed by atoms with Gasteiger partial charge in [0.15, 0.2) is 23.0 Å². The third kappa shape index (κ3) is 6.06. The van der Waals surface area contributed by atoms with Crippen molar-refractivity contribution in [2.75, 3.05) is 0 Å². The number of ether oxygens (including phenoxy) is 2. The first-order valence-corrected chi connectivity index (χ1v) is 11.0. The average molecular weight is 399 g/mol. The minimum absolute atomic E-state index is 0.0289. The van der Waals surface area contributed by atoms with E-state index in [4.69, 9.17) is 9.47 Å². The molecule has 2 saturated carbocycles. The van der Waals surface area contributed by atoms with Crippen LogP contribution in [0.1, 0.15) is 71.1 Å². The largest absolute Gasteiger partial charge is 0.504 e. The van der Waals surface area contributed by atoms with Gasteiger partial charge in [0.25, 0.3) is 0 Å². The predicted octanol–water partition coefficient (Wildman–Crippen LogP) is 6.60. The lowest BCUT2D eigenvalue weighted by Crippen LogP contribution is -2.31. The summed E-state index contributed by atoms with van der Waals surface area (Å²) in [7, 11) is 0. The second-order valence-corrected chi connectivity index (χ2v) is 8.16. The summed E-state index contributed by atoms with van der Waals surface area (Å²) in [5, 5.41) is 19.2. The van der Waals surface area contributed by atoms with Crippen molar-refractivity contribution in [1.29, 1.82) is 0 Å². The number of para-hydroxylation sites is 4. The van der Waals surface area contributed by atoms with Crippen LogP contribution < -0.4 is 9.47 Å². The lowest BCUT2D eigenvalue weighted by Gasteiger charge is -2.29. The van der Waals surface area contributed by atoms with E-state index in [1.165, 1.54) is 32.1 Å². The highest BCUT2D eigenvalue weighted by atomic mass is 16.5. The van der Waals surface area contributed by atoms with Crippen LogP contribution in [0.25, 0.3) is 0 Å². The minimum atomic E-state index is -0.0289. The van der Waals surface area contributed by atoms with Gasteiger partial charge in [-0.15, -0.1) is 0 Å². The molecule has 0 bridgehead atoms. The van der Waals surface area contributed by atoms with Gasteiger partial charge in [0.1, 0.15) is 5.60 Å². The van der Waals surface area contributed by atoms with E-state index in [0.29, 0.717) is 17.6 Å². The summed E-state index contributed by atoms with van der Waals surface area (Å²) >= 11 is 0. The summed E-state index contributed by atoms with van der Waals surface area (Å²) < 4.78 is 11.7. The fourth-order valence-electron chi connectivity index (χ4n) is 4.24. The summed E-state index contributed by atoms with van der Waals surface area (Å²) in [5.41, 5.74) is -0.0289. The summed E-state index contributed by atoms with van der Waals surface area (Å²) in [6.45, 7) is 2.16. The molecule has 2 fully saturated rings. The Morgan fingerprint density at radius 1 is 0.793 bits per heavy atom. The third-order valence-corrected chi connectivity index (χ3v) is 6.06. The van der Waals surface area contributed by atoms with Crippen molar-refractivity contribution in [3.63, 3.8) is 0 Å². The number of phenolic OH excluding ortho intramolecular Hbond substituents is 2. The molecule has 2 aliphatic carbocycles. The molecule has 0 radical (unpaired) electrons. The molecule has 4 heteroatoms. The molecular formula is C25H34O4. The molecule has 2 aromatic carbocycles. The average Bonchev–Trinajstić information content (AvgIpc) is 3.22. The fraction of sp³-hybridized carbons (Fsp3) is 0.520. The number of rotatable bonds is 5. The van der Waals surface area contributed by atoms with Gasteiger partial charge in [-0.1, -0.05) is 37.6 Å². The summed E-state index contributed by atoms with van der Waals surface area (Å²) in [6.07, 6.45) is 12.1. The maximum atomic E-state index is 9.66. The molecule has 0 spiro atoms. The fourth-order valence-corrected chi connectivity index (χ4v) is 4.24. The van der Waals surface area contributed by atoms with Crippen LogP contribution in [0.3, 0.4) is 0 Å². The maximum Gasteiger partial charge on any atom is 0.161 e. The summed E-state index contributed by atoms with van der Waals surface area (Å²) in [5.74, 6) is 1.75. The van der Waals surface area contributed by atoms with Crippen LogP contribution in [0.2, 0.25) is 0 Å². The predicted molar refractivity (Wildman–Crippen MR) is 116 cm³/mol. The highest BCUT2D eigenvalue weighted by Crippen LogP contribution is 2.39. The zero-order valence-corrected chi connectivity index (χ0v) is 17.5. The van der Waals surface area contributed by atoms with Crippen LogP contribution in [0, 0.1) is 0 Å². The zero-order valence-electron chi connectivity index (χ0n) is 17.5.